The molecule has 21 heavy (non-hydrogen) atoms. The molecule has 2 rings (SSSR count). The maximum absolute atomic E-state index is 12.4. The SMILES string of the molecule is CC(C)NCc1ccc(S(=O)(=O)Nc2ccccc2I)s1. The van der Waals surface area contributed by atoms with Crippen LogP contribution in [0.5, 0.6) is 0 Å². The van der Waals surface area contributed by atoms with Gasteiger partial charge in [0.2, 0.25) is 0 Å². The van der Waals surface area contributed by atoms with Gasteiger partial charge < -0.3 is 5.32 Å². The predicted octanol–water partition coefficient (Wildman–Crippen LogP) is 3.65. The van der Waals surface area contributed by atoms with Crippen LogP contribution >= 0.6 is 33.9 Å². The molecule has 0 fully saturated rings. The summed E-state index contributed by atoms with van der Waals surface area (Å²) in [6.07, 6.45) is 0. The number of hydrogen-bond acceptors (Lipinski definition) is 4. The van der Waals surface area contributed by atoms with Crippen LogP contribution in [0, 0.1) is 3.57 Å². The number of halogens is 1. The van der Waals surface area contributed by atoms with Gasteiger partial charge in [-0.3, -0.25) is 4.72 Å². The van der Waals surface area contributed by atoms with Crippen molar-refractivity contribution in [3.8, 4) is 0 Å². The smallest absolute Gasteiger partial charge is 0.271 e. The number of benzene rings is 1. The van der Waals surface area contributed by atoms with Crippen LogP contribution in [0.3, 0.4) is 0 Å². The molecule has 0 aliphatic carbocycles. The fourth-order valence-electron chi connectivity index (χ4n) is 1.64. The summed E-state index contributed by atoms with van der Waals surface area (Å²) in [6.45, 7) is 4.80. The van der Waals surface area contributed by atoms with E-state index in [0.29, 0.717) is 22.5 Å². The summed E-state index contributed by atoms with van der Waals surface area (Å²) < 4.78 is 28.6. The molecule has 114 valence electrons. The summed E-state index contributed by atoms with van der Waals surface area (Å²) in [6, 6.07) is 11.2. The van der Waals surface area contributed by atoms with Gasteiger partial charge in [-0.05, 0) is 46.9 Å². The van der Waals surface area contributed by atoms with E-state index in [2.05, 4.69) is 46.5 Å². The van der Waals surface area contributed by atoms with Crippen molar-refractivity contribution in [2.45, 2.75) is 30.6 Å². The van der Waals surface area contributed by atoms with E-state index in [0.717, 1.165) is 8.45 Å². The Morgan fingerprint density at radius 3 is 2.57 bits per heavy atom. The number of nitrogens with one attached hydrogen (secondary N) is 2. The predicted molar refractivity (Wildman–Crippen MR) is 96.3 cm³/mol. The highest BCUT2D eigenvalue weighted by molar-refractivity contribution is 14.1. The van der Waals surface area contributed by atoms with Gasteiger partial charge in [0.15, 0.2) is 0 Å². The molecule has 7 heteroatoms. The van der Waals surface area contributed by atoms with Crippen molar-refractivity contribution in [2.24, 2.45) is 0 Å². The fourth-order valence-corrected chi connectivity index (χ4v) is 4.73. The lowest BCUT2D eigenvalue weighted by Gasteiger charge is -2.08. The minimum atomic E-state index is -3.52. The molecule has 1 aromatic heterocycles. The quantitative estimate of drug-likeness (QED) is 0.680. The van der Waals surface area contributed by atoms with E-state index in [1.54, 1.807) is 12.1 Å². The van der Waals surface area contributed by atoms with Crippen molar-refractivity contribution < 1.29 is 8.42 Å². The number of hydrogen-bond donors (Lipinski definition) is 2. The lowest BCUT2D eigenvalue weighted by Crippen LogP contribution is -2.21. The number of rotatable bonds is 6. The van der Waals surface area contributed by atoms with E-state index in [1.165, 1.54) is 11.3 Å². The first-order valence-corrected chi connectivity index (χ1v) is 9.86. The number of sulfonamides is 1. The average Bonchev–Trinajstić information content (AvgIpc) is 2.88. The molecular formula is C14H17IN2O2S2. The molecule has 0 atom stereocenters. The molecule has 0 saturated heterocycles. The average molecular weight is 436 g/mol. The third-order valence-electron chi connectivity index (χ3n) is 2.70. The Morgan fingerprint density at radius 2 is 1.90 bits per heavy atom. The standard InChI is InChI=1S/C14H17IN2O2S2/c1-10(2)16-9-11-7-8-14(20-11)21(18,19)17-13-6-4-3-5-12(13)15/h3-8,10,16-17H,9H2,1-2H3. The summed E-state index contributed by atoms with van der Waals surface area (Å²) in [7, 11) is -3.52. The maximum atomic E-state index is 12.4. The Hall–Kier alpha value is -0.640. The van der Waals surface area contributed by atoms with Gasteiger partial charge >= 0.3 is 0 Å². The molecule has 0 spiro atoms. The summed E-state index contributed by atoms with van der Waals surface area (Å²) >= 11 is 3.40. The zero-order chi connectivity index (χ0) is 15.5. The van der Waals surface area contributed by atoms with E-state index in [9.17, 15) is 8.42 Å². The maximum Gasteiger partial charge on any atom is 0.271 e. The molecule has 4 nitrogen and oxygen atoms in total. The van der Waals surface area contributed by atoms with Gasteiger partial charge in [0.1, 0.15) is 4.21 Å². The van der Waals surface area contributed by atoms with E-state index >= 15 is 0 Å². The second-order valence-corrected chi connectivity index (χ2v) is 9.08. The van der Waals surface area contributed by atoms with Crippen LogP contribution in [0.2, 0.25) is 0 Å². The number of para-hydroxylation sites is 1. The van der Waals surface area contributed by atoms with E-state index < -0.39 is 10.0 Å². The fraction of sp³-hybridized carbons (Fsp3) is 0.286. The Kier molecular flexibility index (Phi) is 5.64. The lowest BCUT2D eigenvalue weighted by atomic mass is 10.3. The first kappa shape index (κ1) is 16.7. The molecule has 0 amide bonds. The van der Waals surface area contributed by atoms with Crippen molar-refractivity contribution in [3.05, 3.63) is 44.8 Å². The number of thiophene rings is 1. The van der Waals surface area contributed by atoms with Gasteiger partial charge in [0, 0.05) is 21.0 Å². The molecule has 2 N–H and O–H groups in total. The summed E-state index contributed by atoms with van der Waals surface area (Å²) in [5.41, 5.74) is 0.605. The molecule has 0 aliphatic heterocycles. The monoisotopic (exact) mass is 436 g/mol. The van der Waals surface area contributed by atoms with Gasteiger partial charge in [-0.15, -0.1) is 11.3 Å². The number of anilines is 1. The van der Waals surface area contributed by atoms with Gasteiger partial charge in [0.05, 0.1) is 5.69 Å². The first-order valence-electron chi connectivity index (χ1n) is 6.48. The molecule has 2 aromatic rings. The molecule has 0 aliphatic rings. The lowest BCUT2D eigenvalue weighted by molar-refractivity contribution is 0.593. The van der Waals surface area contributed by atoms with E-state index in [-0.39, 0.29) is 0 Å². The van der Waals surface area contributed by atoms with E-state index in [4.69, 9.17) is 0 Å². The largest absolute Gasteiger partial charge is 0.310 e. The highest BCUT2D eigenvalue weighted by atomic mass is 127. The molecule has 0 saturated carbocycles. The van der Waals surface area contributed by atoms with Crippen molar-refractivity contribution in [3.63, 3.8) is 0 Å². The second kappa shape index (κ2) is 7.08. The highest BCUT2D eigenvalue weighted by Gasteiger charge is 2.18. The summed E-state index contributed by atoms with van der Waals surface area (Å²) in [5, 5.41) is 3.28. The molecular weight excluding hydrogens is 419 g/mol. The van der Waals surface area contributed by atoms with Crippen LogP contribution in [0.25, 0.3) is 0 Å². The zero-order valence-electron chi connectivity index (χ0n) is 11.8. The Labute approximate surface area is 143 Å². The van der Waals surface area contributed by atoms with E-state index in [1.807, 2.05) is 24.3 Å². The molecule has 1 heterocycles. The van der Waals surface area contributed by atoms with Crippen molar-refractivity contribution in [1.82, 2.24) is 5.32 Å². The minimum absolute atomic E-state index is 0.336. The van der Waals surface area contributed by atoms with Crippen molar-refractivity contribution in [1.29, 1.82) is 0 Å². The third-order valence-corrected chi connectivity index (χ3v) is 6.59. The van der Waals surface area contributed by atoms with Crippen LogP contribution in [-0.2, 0) is 16.6 Å². The first-order chi connectivity index (χ1) is 9.88. The zero-order valence-corrected chi connectivity index (χ0v) is 15.6. The van der Waals surface area contributed by atoms with Gasteiger partial charge in [0.25, 0.3) is 10.0 Å². The second-order valence-electron chi connectivity index (χ2n) is 4.84. The molecule has 0 bridgehead atoms. The van der Waals surface area contributed by atoms with Gasteiger partial charge in [-0.2, -0.15) is 0 Å². The molecule has 1 aromatic carbocycles. The van der Waals surface area contributed by atoms with Crippen LogP contribution in [-0.4, -0.2) is 14.5 Å². The Bertz CT molecular complexity index is 711. The van der Waals surface area contributed by atoms with Crippen molar-refractivity contribution in [2.75, 3.05) is 4.72 Å². The third kappa shape index (κ3) is 4.67. The van der Waals surface area contributed by atoms with Crippen LogP contribution < -0.4 is 10.0 Å². The molecule has 0 unspecified atom stereocenters. The normalized spacial score (nSPS) is 11.8. The Balaban J connectivity index is 2.15. The van der Waals surface area contributed by atoms with Crippen LogP contribution in [0.1, 0.15) is 18.7 Å². The summed E-state index contributed by atoms with van der Waals surface area (Å²) in [5.74, 6) is 0. The molecule has 0 radical (unpaired) electrons. The summed E-state index contributed by atoms with van der Waals surface area (Å²) in [4.78, 5) is 1.01. The van der Waals surface area contributed by atoms with Gasteiger partial charge in [-0.25, -0.2) is 8.42 Å². The topological polar surface area (TPSA) is 58.2 Å². The minimum Gasteiger partial charge on any atom is -0.310 e. The van der Waals surface area contributed by atoms with Crippen molar-refractivity contribution >= 4 is 49.6 Å². The van der Waals surface area contributed by atoms with Crippen LogP contribution in [0.15, 0.2) is 40.6 Å². The Morgan fingerprint density at radius 1 is 1.19 bits per heavy atom. The highest BCUT2D eigenvalue weighted by Crippen LogP contribution is 2.26. The van der Waals surface area contributed by atoms with Gasteiger partial charge in [-0.1, -0.05) is 26.0 Å². The van der Waals surface area contributed by atoms with Crippen LogP contribution in [0.4, 0.5) is 5.69 Å².